The minimum Gasteiger partial charge on any atom is -0.465 e. The molecule has 3 heterocycles. The van der Waals surface area contributed by atoms with Gasteiger partial charge in [0.2, 0.25) is 0 Å². The van der Waals surface area contributed by atoms with E-state index >= 15 is 0 Å². The first-order valence-corrected chi connectivity index (χ1v) is 7.60. The second-order valence-electron chi connectivity index (χ2n) is 5.48. The summed E-state index contributed by atoms with van der Waals surface area (Å²) in [4.78, 5) is 34.8. The van der Waals surface area contributed by atoms with Crippen molar-refractivity contribution in [2.75, 3.05) is 7.11 Å². The van der Waals surface area contributed by atoms with Gasteiger partial charge in [-0.25, -0.2) is 9.31 Å². The molecule has 4 aromatic rings. The van der Waals surface area contributed by atoms with Gasteiger partial charge in [0.05, 0.1) is 18.2 Å². The minimum absolute atomic E-state index is 0.0304. The predicted molar refractivity (Wildman–Crippen MR) is 91.9 cm³/mol. The molecule has 0 atom stereocenters. The number of carbonyl (C=O) groups is 1. The maximum Gasteiger partial charge on any atom is 0.343 e. The van der Waals surface area contributed by atoms with Crippen LogP contribution in [0.3, 0.4) is 0 Å². The third-order valence-corrected chi connectivity index (χ3v) is 4.01. The number of ether oxygens (including phenoxy) is 1. The number of non-ortho nitro benzene ring substituents is 1. The highest BCUT2D eigenvalue weighted by Crippen LogP contribution is 2.17. The summed E-state index contributed by atoms with van der Waals surface area (Å²) in [6.45, 7) is 0. The van der Waals surface area contributed by atoms with Crippen LogP contribution in [0, 0.1) is 10.1 Å². The summed E-state index contributed by atoms with van der Waals surface area (Å²) in [7, 11) is 1.24. The molecule has 0 saturated carbocycles. The van der Waals surface area contributed by atoms with E-state index in [0.29, 0.717) is 11.2 Å². The molecule has 1 aromatic carbocycles. The average molecular weight is 366 g/mol. The minimum atomic E-state index is -0.613. The van der Waals surface area contributed by atoms with E-state index in [0.717, 1.165) is 0 Å². The van der Waals surface area contributed by atoms with Crippen LogP contribution in [0.15, 0.2) is 47.5 Å². The molecule has 4 rings (SSSR count). The molecule has 0 radical (unpaired) electrons. The summed E-state index contributed by atoms with van der Waals surface area (Å²) in [5.74, 6) is -0.613. The molecule has 134 valence electrons. The van der Waals surface area contributed by atoms with Crippen molar-refractivity contribution in [1.29, 1.82) is 0 Å². The van der Waals surface area contributed by atoms with Crippen LogP contribution in [0.1, 0.15) is 10.4 Å². The molecule has 0 aliphatic carbocycles. The van der Waals surface area contributed by atoms with Crippen molar-refractivity contribution in [2.45, 2.75) is 0 Å². The molecular formula is C16H10N6O5. The highest BCUT2D eigenvalue weighted by atomic mass is 16.6. The number of rotatable bonds is 3. The maximum atomic E-state index is 12.8. The fourth-order valence-corrected chi connectivity index (χ4v) is 2.68. The Kier molecular flexibility index (Phi) is 3.62. The molecule has 0 N–H and O–H groups in total. The third-order valence-electron chi connectivity index (χ3n) is 4.01. The highest BCUT2D eigenvalue weighted by Gasteiger charge is 2.18. The van der Waals surface area contributed by atoms with E-state index in [1.54, 1.807) is 6.07 Å². The van der Waals surface area contributed by atoms with E-state index in [-0.39, 0.29) is 22.4 Å². The summed E-state index contributed by atoms with van der Waals surface area (Å²) in [6, 6.07) is 7.11. The van der Waals surface area contributed by atoms with Gasteiger partial charge in [0.1, 0.15) is 11.1 Å². The predicted octanol–water partition coefficient (Wildman–Crippen LogP) is 1.12. The summed E-state index contributed by atoms with van der Waals surface area (Å²) in [5.41, 5.74) is 0.561. The van der Waals surface area contributed by atoms with E-state index in [4.69, 9.17) is 0 Å². The van der Waals surface area contributed by atoms with Crippen molar-refractivity contribution >= 4 is 28.3 Å². The Labute approximate surface area is 149 Å². The molecule has 3 aromatic heterocycles. The first kappa shape index (κ1) is 16.3. The third kappa shape index (κ3) is 2.49. The van der Waals surface area contributed by atoms with Crippen molar-refractivity contribution in [1.82, 2.24) is 24.4 Å². The van der Waals surface area contributed by atoms with E-state index in [1.807, 2.05) is 0 Å². The average Bonchev–Trinajstić information content (AvgIpc) is 3.12. The van der Waals surface area contributed by atoms with E-state index in [1.165, 1.54) is 52.9 Å². The standard InChI is InChI=1S/C16H10N6O5/c1-27-16(24)11-8-17-21-12-6-7-20(15(23)13(12)18-19-14(11)21)9-2-4-10(5-3-9)22(25)26/h2-8H,1H3. The van der Waals surface area contributed by atoms with Crippen molar-refractivity contribution in [3.63, 3.8) is 0 Å². The number of pyridine rings is 1. The Bertz CT molecular complexity index is 1270. The Morgan fingerprint density at radius 3 is 2.59 bits per heavy atom. The van der Waals surface area contributed by atoms with Crippen LogP contribution < -0.4 is 5.56 Å². The van der Waals surface area contributed by atoms with Gasteiger partial charge in [-0.2, -0.15) is 5.10 Å². The van der Waals surface area contributed by atoms with Gasteiger partial charge >= 0.3 is 5.97 Å². The van der Waals surface area contributed by atoms with Gasteiger partial charge in [0, 0.05) is 24.0 Å². The molecule has 0 bridgehead atoms. The molecule has 0 aliphatic rings. The monoisotopic (exact) mass is 366 g/mol. The van der Waals surface area contributed by atoms with E-state index in [9.17, 15) is 19.7 Å². The highest BCUT2D eigenvalue weighted by molar-refractivity contribution is 5.96. The number of hydrogen-bond donors (Lipinski definition) is 0. The summed E-state index contributed by atoms with van der Waals surface area (Å²) in [6.07, 6.45) is 2.78. The van der Waals surface area contributed by atoms with Gasteiger partial charge in [0.15, 0.2) is 11.2 Å². The van der Waals surface area contributed by atoms with Gasteiger partial charge in [-0.05, 0) is 18.2 Å². The van der Waals surface area contributed by atoms with Gasteiger partial charge < -0.3 is 4.74 Å². The molecule has 0 spiro atoms. The number of fused-ring (bicyclic) bond motifs is 3. The van der Waals surface area contributed by atoms with Gasteiger partial charge in [-0.1, -0.05) is 0 Å². The van der Waals surface area contributed by atoms with Crippen molar-refractivity contribution < 1.29 is 14.5 Å². The number of nitro groups is 1. The second-order valence-corrected chi connectivity index (χ2v) is 5.48. The van der Waals surface area contributed by atoms with Crippen LogP contribution in [-0.2, 0) is 4.74 Å². The lowest BCUT2D eigenvalue weighted by Crippen LogP contribution is -2.20. The number of carbonyl (C=O) groups excluding carboxylic acids is 1. The number of nitro benzene ring substituents is 1. The molecular weight excluding hydrogens is 356 g/mol. The number of hydrogen-bond acceptors (Lipinski definition) is 8. The number of benzene rings is 1. The number of esters is 1. The molecule has 11 heteroatoms. The van der Waals surface area contributed by atoms with Gasteiger partial charge in [0.25, 0.3) is 11.2 Å². The SMILES string of the molecule is COC(=O)c1cnn2c1nnc1c(=O)n(-c3ccc([N+](=O)[O-])cc3)ccc12. The zero-order valence-corrected chi connectivity index (χ0v) is 13.8. The molecule has 0 saturated heterocycles. The fourth-order valence-electron chi connectivity index (χ4n) is 2.68. The fraction of sp³-hybridized carbons (Fsp3) is 0.0625. The lowest BCUT2D eigenvalue weighted by Gasteiger charge is -2.07. The van der Waals surface area contributed by atoms with Crippen molar-refractivity contribution in [2.24, 2.45) is 0 Å². The number of nitrogens with zero attached hydrogens (tertiary/aromatic N) is 6. The first-order valence-electron chi connectivity index (χ1n) is 7.60. The van der Waals surface area contributed by atoms with Crippen LogP contribution in [0.5, 0.6) is 0 Å². The Balaban J connectivity index is 1.90. The lowest BCUT2D eigenvalue weighted by atomic mass is 10.2. The Morgan fingerprint density at radius 2 is 1.93 bits per heavy atom. The smallest absolute Gasteiger partial charge is 0.343 e. The van der Waals surface area contributed by atoms with Crippen molar-refractivity contribution in [3.8, 4) is 5.69 Å². The molecule has 11 nitrogen and oxygen atoms in total. The maximum absolute atomic E-state index is 12.8. The second kappa shape index (κ2) is 5.98. The molecule has 0 amide bonds. The van der Waals surface area contributed by atoms with E-state index < -0.39 is 16.5 Å². The van der Waals surface area contributed by atoms with E-state index in [2.05, 4.69) is 20.0 Å². The van der Waals surface area contributed by atoms with Crippen LogP contribution in [0.4, 0.5) is 5.69 Å². The summed E-state index contributed by atoms with van der Waals surface area (Å²) < 4.78 is 7.29. The zero-order chi connectivity index (χ0) is 19.1. The molecule has 27 heavy (non-hydrogen) atoms. The Hall–Kier alpha value is -4.15. The van der Waals surface area contributed by atoms with Crippen LogP contribution >= 0.6 is 0 Å². The lowest BCUT2D eigenvalue weighted by molar-refractivity contribution is -0.384. The van der Waals surface area contributed by atoms with Gasteiger partial charge in [-0.3, -0.25) is 19.5 Å². The van der Waals surface area contributed by atoms with Crippen molar-refractivity contribution in [3.05, 3.63) is 68.8 Å². The summed E-state index contributed by atoms with van der Waals surface area (Å²) in [5, 5.41) is 22.7. The molecule has 0 aliphatic heterocycles. The van der Waals surface area contributed by atoms with Crippen LogP contribution in [0.25, 0.3) is 22.4 Å². The summed E-state index contributed by atoms with van der Waals surface area (Å²) >= 11 is 0. The quantitative estimate of drug-likeness (QED) is 0.299. The largest absolute Gasteiger partial charge is 0.465 e. The van der Waals surface area contributed by atoms with Gasteiger partial charge in [-0.15, -0.1) is 10.2 Å². The van der Waals surface area contributed by atoms with Crippen LogP contribution in [-0.4, -0.2) is 42.4 Å². The Morgan fingerprint density at radius 1 is 1.19 bits per heavy atom. The van der Waals surface area contributed by atoms with Crippen LogP contribution in [0.2, 0.25) is 0 Å². The normalized spacial score (nSPS) is 11.0. The molecule has 0 unspecified atom stereocenters. The number of methoxy groups -OCH3 is 1. The first-order chi connectivity index (χ1) is 13.0. The zero-order valence-electron chi connectivity index (χ0n) is 13.8. The molecule has 0 fully saturated rings. The number of aromatic nitrogens is 5. The topological polar surface area (TPSA) is 135 Å².